The lowest BCUT2D eigenvalue weighted by Crippen LogP contribution is -2.42. The lowest BCUT2D eigenvalue weighted by atomic mass is 9.94. The highest BCUT2D eigenvalue weighted by molar-refractivity contribution is 6.30. The standard InChI is InChI=1S/C16H19ClN4O2/c1-10(2)15-14-13(19-9-20-14)5-6-21(15)16(22)23-8-12-4-3-11(17)7-18-12/h3-4,7,9-10,15H,5-6,8H2,1-2H3,(H,19,20). The third-order valence-electron chi connectivity index (χ3n) is 3.97. The number of hydrogen-bond acceptors (Lipinski definition) is 4. The molecule has 7 heteroatoms. The zero-order chi connectivity index (χ0) is 16.4. The van der Waals surface area contributed by atoms with E-state index in [0.29, 0.717) is 17.3 Å². The minimum absolute atomic E-state index is 0.0734. The maximum Gasteiger partial charge on any atom is 0.410 e. The molecule has 0 radical (unpaired) electrons. The van der Waals surface area contributed by atoms with E-state index < -0.39 is 0 Å². The largest absolute Gasteiger partial charge is 0.443 e. The summed E-state index contributed by atoms with van der Waals surface area (Å²) in [6.45, 7) is 4.90. The maximum atomic E-state index is 12.5. The molecule has 1 unspecified atom stereocenters. The Morgan fingerprint density at radius 2 is 2.30 bits per heavy atom. The van der Waals surface area contributed by atoms with E-state index in [1.165, 1.54) is 0 Å². The first-order valence-electron chi connectivity index (χ1n) is 7.62. The van der Waals surface area contributed by atoms with Gasteiger partial charge in [-0.1, -0.05) is 25.4 Å². The SMILES string of the molecule is CC(C)C1c2nc[nH]c2CCN1C(=O)OCc1ccc(Cl)cn1. The van der Waals surface area contributed by atoms with Gasteiger partial charge < -0.3 is 9.72 Å². The van der Waals surface area contributed by atoms with Gasteiger partial charge in [0.25, 0.3) is 0 Å². The Morgan fingerprint density at radius 3 is 3.00 bits per heavy atom. The van der Waals surface area contributed by atoms with Gasteiger partial charge >= 0.3 is 6.09 Å². The number of aromatic amines is 1. The van der Waals surface area contributed by atoms with Crippen molar-refractivity contribution in [3.8, 4) is 0 Å². The Kier molecular flexibility index (Phi) is 4.52. The van der Waals surface area contributed by atoms with Gasteiger partial charge in [0.1, 0.15) is 6.61 Å². The number of carbonyl (C=O) groups excluding carboxylic acids is 1. The molecule has 3 rings (SSSR count). The average Bonchev–Trinajstić information content (AvgIpc) is 3.01. The lowest BCUT2D eigenvalue weighted by Gasteiger charge is -2.36. The van der Waals surface area contributed by atoms with Gasteiger partial charge in [-0.05, 0) is 18.1 Å². The summed E-state index contributed by atoms with van der Waals surface area (Å²) in [4.78, 5) is 25.9. The molecular formula is C16H19ClN4O2. The molecule has 122 valence electrons. The van der Waals surface area contributed by atoms with Crippen LogP contribution in [0.25, 0.3) is 0 Å². The number of aromatic nitrogens is 3. The van der Waals surface area contributed by atoms with Gasteiger partial charge in [0, 0.05) is 24.9 Å². The monoisotopic (exact) mass is 334 g/mol. The molecule has 1 aliphatic heterocycles. The number of ether oxygens (including phenoxy) is 1. The molecule has 0 saturated heterocycles. The van der Waals surface area contributed by atoms with Crippen molar-refractivity contribution in [1.29, 1.82) is 0 Å². The zero-order valence-corrected chi connectivity index (χ0v) is 13.9. The Bertz CT molecular complexity index is 684. The lowest BCUT2D eigenvalue weighted by molar-refractivity contribution is 0.0644. The van der Waals surface area contributed by atoms with Gasteiger partial charge in [-0.2, -0.15) is 0 Å². The van der Waals surface area contributed by atoms with Crippen molar-refractivity contribution >= 4 is 17.7 Å². The summed E-state index contributed by atoms with van der Waals surface area (Å²) in [5, 5.41) is 0.557. The summed E-state index contributed by atoms with van der Waals surface area (Å²) in [5.74, 6) is 0.249. The summed E-state index contributed by atoms with van der Waals surface area (Å²) >= 11 is 5.80. The van der Waals surface area contributed by atoms with Crippen LogP contribution in [0.3, 0.4) is 0 Å². The maximum absolute atomic E-state index is 12.5. The molecule has 0 fully saturated rings. The van der Waals surface area contributed by atoms with E-state index >= 15 is 0 Å². The third-order valence-corrected chi connectivity index (χ3v) is 4.19. The molecule has 6 nitrogen and oxygen atoms in total. The molecule has 2 aromatic heterocycles. The van der Waals surface area contributed by atoms with Crippen molar-refractivity contribution in [1.82, 2.24) is 19.9 Å². The second kappa shape index (κ2) is 6.58. The van der Waals surface area contributed by atoms with Crippen LogP contribution in [0, 0.1) is 5.92 Å². The van der Waals surface area contributed by atoms with Crippen LogP contribution in [-0.4, -0.2) is 32.5 Å². The van der Waals surface area contributed by atoms with E-state index in [1.54, 1.807) is 29.6 Å². The van der Waals surface area contributed by atoms with Crippen LogP contribution in [0.15, 0.2) is 24.7 Å². The molecule has 3 heterocycles. The molecule has 0 aromatic carbocycles. The molecule has 0 spiro atoms. The van der Waals surface area contributed by atoms with E-state index in [0.717, 1.165) is 17.8 Å². The van der Waals surface area contributed by atoms with E-state index in [1.807, 2.05) is 0 Å². The Labute approximate surface area is 139 Å². The second-order valence-corrected chi connectivity index (χ2v) is 6.36. The molecule has 1 amide bonds. The summed E-state index contributed by atoms with van der Waals surface area (Å²) in [5.41, 5.74) is 2.71. The van der Waals surface area contributed by atoms with Crippen molar-refractivity contribution in [2.45, 2.75) is 32.9 Å². The smallest absolute Gasteiger partial charge is 0.410 e. The number of fused-ring (bicyclic) bond motifs is 1. The minimum atomic E-state index is -0.339. The average molecular weight is 335 g/mol. The zero-order valence-electron chi connectivity index (χ0n) is 13.1. The van der Waals surface area contributed by atoms with E-state index in [-0.39, 0.29) is 24.7 Å². The van der Waals surface area contributed by atoms with E-state index in [4.69, 9.17) is 16.3 Å². The molecule has 0 saturated carbocycles. The van der Waals surface area contributed by atoms with Crippen molar-refractivity contribution in [3.63, 3.8) is 0 Å². The number of carbonyl (C=O) groups is 1. The summed E-state index contributed by atoms with van der Waals surface area (Å²) in [6.07, 6.45) is 3.65. The van der Waals surface area contributed by atoms with Crippen LogP contribution in [-0.2, 0) is 17.8 Å². The van der Waals surface area contributed by atoms with Gasteiger partial charge in [0.2, 0.25) is 0 Å². The highest BCUT2D eigenvalue weighted by Crippen LogP contribution is 2.33. The molecular weight excluding hydrogens is 316 g/mol. The number of halogens is 1. The first-order chi connectivity index (χ1) is 11.1. The normalized spacial score (nSPS) is 17.2. The molecule has 0 aliphatic carbocycles. The number of nitrogens with one attached hydrogen (secondary N) is 1. The Balaban J connectivity index is 1.70. The molecule has 1 N–H and O–H groups in total. The van der Waals surface area contributed by atoms with Crippen molar-refractivity contribution in [2.24, 2.45) is 5.92 Å². The van der Waals surface area contributed by atoms with Crippen LogP contribution in [0.1, 0.15) is 37.0 Å². The summed E-state index contributed by atoms with van der Waals surface area (Å²) < 4.78 is 5.42. The summed E-state index contributed by atoms with van der Waals surface area (Å²) in [6, 6.07) is 3.40. The fourth-order valence-electron chi connectivity index (χ4n) is 2.90. The number of amides is 1. The molecule has 1 aliphatic rings. The van der Waals surface area contributed by atoms with Crippen molar-refractivity contribution < 1.29 is 9.53 Å². The Hall–Kier alpha value is -2.08. The number of pyridine rings is 1. The quantitative estimate of drug-likeness (QED) is 0.934. The van der Waals surface area contributed by atoms with Gasteiger partial charge in [-0.15, -0.1) is 0 Å². The number of nitrogens with zero attached hydrogens (tertiary/aromatic N) is 3. The number of rotatable bonds is 3. The number of hydrogen-bond donors (Lipinski definition) is 1. The predicted molar refractivity (Wildman–Crippen MR) is 86.0 cm³/mol. The van der Waals surface area contributed by atoms with Gasteiger partial charge in [-0.3, -0.25) is 9.88 Å². The third kappa shape index (κ3) is 3.32. The van der Waals surface area contributed by atoms with Crippen molar-refractivity contribution in [2.75, 3.05) is 6.54 Å². The fourth-order valence-corrected chi connectivity index (χ4v) is 3.01. The Morgan fingerprint density at radius 1 is 1.48 bits per heavy atom. The summed E-state index contributed by atoms with van der Waals surface area (Å²) in [7, 11) is 0. The number of imidazole rings is 1. The molecule has 0 bridgehead atoms. The minimum Gasteiger partial charge on any atom is -0.443 e. The fraction of sp³-hybridized carbons (Fsp3) is 0.438. The van der Waals surface area contributed by atoms with E-state index in [9.17, 15) is 4.79 Å². The highest BCUT2D eigenvalue weighted by atomic mass is 35.5. The van der Waals surface area contributed by atoms with Crippen molar-refractivity contribution in [3.05, 3.63) is 46.8 Å². The topological polar surface area (TPSA) is 71.1 Å². The van der Waals surface area contributed by atoms with E-state index in [2.05, 4.69) is 28.8 Å². The molecule has 1 atom stereocenters. The second-order valence-electron chi connectivity index (χ2n) is 5.92. The van der Waals surface area contributed by atoms with Crippen LogP contribution in [0.5, 0.6) is 0 Å². The highest BCUT2D eigenvalue weighted by Gasteiger charge is 2.35. The molecule has 23 heavy (non-hydrogen) atoms. The van der Waals surface area contributed by atoms with Crippen LogP contribution in [0.4, 0.5) is 4.79 Å². The predicted octanol–water partition coefficient (Wildman–Crippen LogP) is 3.35. The first-order valence-corrected chi connectivity index (χ1v) is 8.00. The van der Waals surface area contributed by atoms with Gasteiger partial charge in [0.05, 0.1) is 28.8 Å². The molecule has 2 aromatic rings. The number of H-pyrrole nitrogens is 1. The van der Waals surface area contributed by atoms with Gasteiger partial charge in [-0.25, -0.2) is 9.78 Å². The van der Waals surface area contributed by atoms with Crippen LogP contribution >= 0.6 is 11.6 Å². The van der Waals surface area contributed by atoms with Crippen LogP contribution in [0.2, 0.25) is 5.02 Å². The van der Waals surface area contributed by atoms with Crippen LogP contribution < -0.4 is 0 Å². The first kappa shape index (κ1) is 15.8. The van der Waals surface area contributed by atoms with Gasteiger partial charge in [0.15, 0.2) is 0 Å².